The van der Waals surface area contributed by atoms with Crippen molar-refractivity contribution in [2.45, 2.75) is 53.5 Å². The van der Waals surface area contributed by atoms with Gasteiger partial charge in [0.05, 0.1) is 34.8 Å². The average Bonchev–Trinajstić information content (AvgIpc) is 3.76. The third kappa shape index (κ3) is 5.91. The zero-order valence-corrected chi connectivity index (χ0v) is 32.5. The van der Waals surface area contributed by atoms with Crippen LogP contribution in [-0.2, 0) is 0 Å². The molecule has 0 unspecified atom stereocenters. The molecule has 5 nitrogen and oxygen atoms in total. The predicted octanol–water partition coefficient (Wildman–Crippen LogP) is 13.4. The molecule has 0 bridgehead atoms. The lowest BCUT2D eigenvalue weighted by Gasteiger charge is -2.30. The molecule has 0 saturated heterocycles. The quantitative estimate of drug-likeness (QED) is 0.156. The van der Waals surface area contributed by atoms with Crippen LogP contribution in [0.1, 0.15) is 50.3 Å². The van der Waals surface area contributed by atoms with Crippen LogP contribution >= 0.6 is 0 Å². The average molecular weight is 718 g/mol. The number of anilines is 6. The topological polar surface area (TPSA) is 27.5 Å². The summed E-state index contributed by atoms with van der Waals surface area (Å²) >= 11 is 0. The largest absolute Gasteiger partial charge is 0.349 e. The minimum absolute atomic E-state index is 0.388. The number of fused-ring (bicyclic) bond motifs is 4. The lowest BCUT2D eigenvalue weighted by molar-refractivity contribution is 0.709. The molecule has 0 saturated carbocycles. The Kier molecular flexibility index (Phi) is 8.65. The van der Waals surface area contributed by atoms with Gasteiger partial charge in [-0.05, 0) is 122 Å². The Morgan fingerprint density at radius 1 is 0.600 bits per heavy atom. The number of nitrogens with zero attached hydrogens (tertiary/aromatic N) is 5. The van der Waals surface area contributed by atoms with Crippen LogP contribution in [0.25, 0.3) is 38.8 Å². The minimum Gasteiger partial charge on any atom is -0.349 e. The number of hydrogen-bond acceptors (Lipinski definition) is 4. The molecule has 0 aliphatic carbocycles. The fourth-order valence-corrected chi connectivity index (χ4v) is 8.58. The summed E-state index contributed by atoms with van der Waals surface area (Å²) in [6, 6.07) is 53.6. The summed E-state index contributed by atoms with van der Waals surface area (Å²) in [5.74, 6) is 1.31. The van der Waals surface area contributed by atoms with E-state index >= 15 is 0 Å². The molecule has 1 aliphatic heterocycles. The summed E-state index contributed by atoms with van der Waals surface area (Å²) in [4.78, 5) is 12.4. The fraction of sp³-hybridized carbons (Fsp3) is 0.180. The molecule has 55 heavy (non-hydrogen) atoms. The molecule has 0 radical (unpaired) electrons. The summed E-state index contributed by atoms with van der Waals surface area (Å²) in [7, 11) is 0. The van der Waals surface area contributed by atoms with Crippen molar-refractivity contribution < 1.29 is 0 Å². The highest BCUT2D eigenvalue weighted by Gasteiger charge is 2.29. The first kappa shape index (κ1) is 34.4. The number of benzene rings is 6. The van der Waals surface area contributed by atoms with Gasteiger partial charge in [-0.15, -0.1) is 0 Å². The Bertz CT molecular complexity index is 2680. The molecule has 1 aliphatic rings. The van der Waals surface area contributed by atoms with Crippen molar-refractivity contribution in [3.63, 3.8) is 0 Å². The van der Waals surface area contributed by atoms with Crippen LogP contribution in [0.15, 0.2) is 152 Å². The van der Waals surface area contributed by atoms with Crippen molar-refractivity contribution in [2.75, 3.05) is 21.4 Å². The van der Waals surface area contributed by atoms with Gasteiger partial charge in [0.25, 0.3) is 0 Å². The van der Waals surface area contributed by atoms with Gasteiger partial charge >= 0.3 is 0 Å². The second-order valence-corrected chi connectivity index (χ2v) is 15.4. The van der Waals surface area contributed by atoms with E-state index in [0.29, 0.717) is 12.0 Å². The van der Waals surface area contributed by atoms with Crippen molar-refractivity contribution in [3.8, 4) is 16.9 Å². The number of rotatable bonds is 8. The standard InChI is InChI=1S/C50H47N5/c1-33(2)41-19-7-8-20-42(41)37-27-28-51-49(29-37)55-45-22-10-9-21-43(45)44-26-25-40(31-48(44)55)54(50-35(5)15-13-16-36(50)6)39-18-14-17-38(30-39)53-32-52(34(3)4)46-23-11-12-24-47(46)53/h7-31,33-34H,32H2,1-6H3. The number of pyridine rings is 1. The van der Waals surface area contributed by atoms with Crippen LogP contribution in [-0.4, -0.2) is 22.3 Å². The lowest BCUT2D eigenvalue weighted by Crippen LogP contribution is -2.33. The summed E-state index contributed by atoms with van der Waals surface area (Å²) in [6.45, 7) is 14.3. The van der Waals surface area contributed by atoms with Crippen molar-refractivity contribution in [2.24, 2.45) is 0 Å². The van der Waals surface area contributed by atoms with Gasteiger partial charge in [0, 0.05) is 40.1 Å². The van der Waals surface area contributed by atoms with Crippen LogP contribution in [0.3, 0.4) is 0 Å². The maximum Gasteiger partial charge on any atom is 0.138 e. The van der Waals surface area contributed by atoms with Crippen LogP contribution in [0.2, 0.25) is 0 Å². The second-order valence-electron chi connectivity index (χ2n) is 15.4. The van der Waals surface area contributed by atoms with E-state index in [-0.39, 0.29) is 0 Å². The normalized spacial score (nSPS) is 12.7. The summed E-state index contributed by atoms with van der Waals surface area (Å²) < 4.78 is 2.34. The molecule has 0 amide bonds. The molecule has 8 aromatic rings. The highest BCUT2D eigenvalue weighted by molar-refractivity contribution is 6.10. The maximum absolute atomic E-state index is 5.03. The zero-order chi connectivity index (χ0) is 37.8. The number of aryl methyl sites for hydroxylation is 2. The van der Waals surface area contributed by atoms with Crippen LogP contribution in [0.5, 0.6) is 0 Å². The molecular weight excluding hydrogens is 671 g/mol. The highest BCUT2D eigenvalue weighted by Crippen LogP contribution is 2.46. The molecule has 6 aromatic carbocycles. The molecular formula is C50H47N5. The zero-order valence-electron chi connectivity index (χ0n) is 32.5. The van der Waals surface area contributed by atoms with E-state index < -0.39 is 0 Å². The molecule has 0 spiro atoms. The first-order valence-electron chi connectivity index (χ1n) is 19.5. The third-order valence-corrected chi connectivity index (χ3v) is 11.2. The number of hydrogen-bond donors (Lipinski definition) is 0. The second kappa shape index (κ2) is 13.8. The Balaban J connectivity index is 1.24. The van der Waals surface area contributed by atoms with E-state index in [4.69, 9.17) is 4.98 Å². The minimum atomic E-state index is 0.388. The molecule has 0 atom stereocenters. The Hall–Kier alpha value is -6.33. The number of para-hydroxylation sites is 4. The van der Waals surface area contributed by atoms with Gasteiger partial charge in [-0.25, -0.2) is 4.98 Å². The van der Waals surface area contributed by atoms with E-state index in [0.717, 1.165) is 34.9 Å². The van der Waals surface area contributed by atoms with Crippen LogP contribution < -0.4 is 14.7 Å². The SMILES string of the molecule is Cc1cccc(C)c1N(c1cccc(N2CN(C(C)C)c3ccccc32)c1)c1ccc2c3ccccc3n(-c3cc(-c4ccccc4C(C)C)ccn3)c2c1. The van der Waals surface area contributed by atoms with Crippen LogP contribution in [0.4, 0.5) is 34.1 Å². The smallest absolute Gasteiger partial charge is 0.138 e. The summed E-state index contributed by atoms with van der Waals surface area (Å²) in [5.41, 5.74) is 15.6. The molecule has 2 aromatic heterocycles. The van der Waals surface area contributed by atoms with Crippen LogP contribution in [0, 0.1) is 13.8 Å². The van der Waals surface area contributed by atoms with E-state index in [1.807, 2.05) is 6.20 Å². The van der Waals surface area contributed by atoms with Crippen molar-refractivity contribution >= 4 is 55.9 Å². The molecule has 0 N–H and O–H groups in total. The Labute approximate surface area is 324 Å². The third-order valence-electron chi connectivity index (χ3n) is 11.2. The molecule has 9 rings (SSSR count). The molecule has 5 heteroatoms. The van der Waals surface area contributed by atoms with Gasteiger partial charge in [-0.2, -0.15) is 0 Å². The van der Waals surface area contributed by atoms with E-state index in [9.17, 15) is 0 Å². The van der Waals surface area contributed by atoms with Gasteiger partial charge in [0.2, 0.25) is 0 Å². The monoisotopic (exact) mass is 717 g/mol. The predicted molar refractivity (Wildman–Crippen MR) is 233 cm³/mol. The molecule has 0 fully saturated rings. The summed E-state index contributed by atoms with van der Waals surface area (Å²) in [5, 5.41) is 2.41. The first-order chi connectivity index (χ1) is 26.8. The fourth-order valence-electron chi connectivity index (χ4n) is 8.58. The Morgan fingerprint density at radius 2 is 1.29 bits per heavy atom. The molecule has 3 heterocycles. The van der Waals surface area contributed by atoms with Crippen molar-refractivity contribution in [1.29, 1.82) is 0 Å². The van der Waals surface area contributed by atoms with Gasteiger partial charge < -0.3 is 14.7 Å². The van der Waals surface area contributed by atoms with Crippen molar-refractivity contribution in [3.05, 3.63) is 168 Å². The van der Waals surface area contributed by atoms with E-state index in [2.05, 4.69) is 206 Å². The Morgan fingerprint density at radius 3 is 2.09 bits per heavy atom. The molecule has 272 valence electrons. The van der Waals surface area contributed by atoms with Crippen molar-refractivity contribution in [1.82, 2.24) is 9.55 Å². The van der Waals surface area contributed by atoms with E-state index in [1.165, 1.54) is 61.3 Å². The summed E-state index contributed by atoms with van der Waals surface area (Å²) in [6.07, 6.45) is 1.96. The van der Waals surface area contributed by atoms with Gasteiger partial charge in [-0.3, -0.25) is 4.57 Å². The van der Waals surface area contributed by atoms with Gasteiger partial charge in [0.15, 0.2) is 0 Å². The highest BCUT2D eigenvalue weighted by atomic mass is 15.4. The van der Waals surface area contributed by atoms with Gasteiger partial charge in [0.1, 0.15) is 5.82 Å². The maximum atomic E-state index is 5.03. The van der Waals surface area contributed by atoms with E-state index in [1.54, 1.807) is 0 Å². The van der Waals surface area contributed by atoms with Gasteiger partial charge in [-0.1, -0.05) is 98.8 Å². The first-order valence-corrected chi connectivity index (χ1v) is 19.5. The number of aromatic nitrogens is 2. The lowest BCUT2D eigenvalue weighted by atomic mass is 9.93.